The zero-order valence-corrected chi connectivity index (χ0v) is 80.8. The molecule has 4 saturated heterocycles. The number of aliphatic imine (C=N–C) groups is 2. The standard InChI is InChI=1S/C38H47N11O15P2.C22H25N3O3.C19H26N8O13P2.C2H6O.CH3F.2CH4/c1-4-5-6-28(50)41-15-21-13-23(20-7-9-22(10-8-20)47(2)3)30(45-21)37(52)63-33-26(62-36(32(33)51)49-19-44-31-34(40)42-18-43-35(31)49)17-60-66(57,58)64-24-14-29(48-12-11-27(39)46-38(48)53)61-25(24)16-59-65(54,55)56;1-4-5-6-19(26)12-9-17-15-20(21(24-17)22(27)28-14-13-23)16-7-10-18(11-8-16)25(2)3;20-11-1-2-26(19(30)25-11)12-3-8(9(38-12)4-36-41(31,32)33)40-42(34,35)37-5-10-14(28)15(29)18(39-10)27-7-24-13-16(21)22-6-23-17(13)27;1-2-3;1-2;;/h4,7-12,18-19,24-26,29,32-33,36,51H,1,5-6,13-17H2,2-3H3,(H,41,50)(H,57,58)(H2,39,46,53)(H2,40,42,43)(H2,54,55,56);4,7-8,10-11H,1,5-6,9,12,14-15H2,2-3H3;1-2,6-10,12,14-15,18,28-29H,3-5H2,(H,34,35)(H2,20,25,30)(H2,21,22,23)(H2,31,32,33);3H,2H2,1H3;1H3;2*1H4/p-6/t24?,25-,26-,29-,32+,33?,36-;;8?,9-,10-,12-,14?,15+,18-;;;;/m1.1..../s1/i;;;;;1D;. The molecule has 1 amide bonds. The zero-order chi connectivity index (χ0) is 105. The molecule has 13 N–H and O–H groups in total. The second-order valence-corrected chi connectivity index (χ2v) is 36.5. The third-order valence-electron chi connectivity index (χ3n) is 21.4. The van der Waals surface area contributed by atoms with Crippen molar-refractivity contribution in [2.24, 2.45) is 9.98 Å². The smallest absolute Gasteiger partial charge is 0.358 e. The van der Waals surface area contributed by atoms with Crippen LogP contribution in [0.5, 0.6) is 0 Å². The molecule has 0 spiro atoms. The number of amides is 1. The molecular weight excluding hydrogens is 1970 g/mol. The Morgan fingerprint density at radius 3 is 1.47 bits per heavy atom. The molecule has 54 nitrogen and oxygen atoms in total. The molecule has 0 aliphatic carbocycles. The molecule has 143 heavy (non-hydrogen) atoms. The number of nitrogens with one attached hydrogen (secondary N) is 1. The number of halogens is 1. The van der Waals surface area contributed by atoms with E-state index in [1.807, 2.05) is 74.4 Å². The molecule has 6 aliphatic heterocycles. The van der Waals surface area contributed by atoms with E-state index in [4.69, 9.17) is 81.2 Å². The number of alkyl halides is 1. The first-order valence-corrected chi connectivity index (χ1v) is 48.5. The number of aromatic nitrogens is 12. The normalized spacial score (nSPS) is 22.6. The van der Waals surface area contributed by atoms with Crippen LogP contribution in [0.3, 0.4) is 0 Å². The number of aliphatic hydroxyl groups excluding tert-OH is 4. The van der Waals surface area contributed by atoms with Crippen molar-refractivity contribution in [3.8, 4) is 6.07 Å². The highest BCUT2D eigenvalue weighted by molar-refractivity contribution is 7.46. The number of nitrogens with zero attached hydrogens (tertiary/aromatic N) is 17. The summed E-state index contributed by atoms with van der Waals surface area (Å²) in [5, 5.41) is 51.9. The monoisotopic (exact) mass is 2080 g/mol. The number of phosphoric acid groups is 4. The maximum absolute atomic E-state index is 14.3. The van der Waals surface area contributed by atoms with E-state index in [1.54, 1.807) is 37.3 Å². The van der Waals surface area contributed by atoms with Gasteiger partial charge in [0.25, 0.3) is 15.6 Å². The fourth-order valence-electron chi connectivity index (χ4n) is 14.7. The van der Waals surface area contributed by atoms with Gasteiger partial charge in [0.2, 0.25) is 5.91 Å². The molecule has 8 aromatic rings. The number of esters is 2. The summed E-state index contributed by atoms with van der Waals surface area (Å²) in [7, 11) is -12.5. The lowest BCUT2D eigenvalue weighted by atomic mass is 9.98. The van der Waals surface area contributed by atoms with Crippen molar-refractivity contribution in [3.05, 3.63) is 167 Å². The second kappa shape index (κ2) is 52.5. The number of carbonyl (C=O) groups is 4. The number of hydrogen-bond acceptors (Lipinski definition) is 49. The van der Waals surface area contributed by atoms with Gasteiger partial charge >= 0.3 is 23.3 Å². The molecule has 780 valence electrons. The largest absolute Gasteiger partial charge is 0.790 e. The van der Waals surface area contributed by atoms with E-state index in [0.29, 0.717) is 62.6 Å². The van der Waals surface area contributed by atoms with Crippen LogP contribution in [0.4, 0.5) is 39.0 Å². The van der Waals surface area contributed by atoms with Gasteiger partial charge in [-0.3, -0.25) is 41.4 Å². The third-order valence-corrected chi connectivity index (χ3v) is 24.3. The van der Waals surface area contributed by atoms with Crippen LogP contribution >= 0.6 is 31.3 Å². The number of Topliss-reactive ketones (excluding diaryl/α,β-unsaturated/α-hetero) is 1. The van der Waals surface area contributed by atoms with Crippen LogP contribution in [0.2, 0.25) is 0 Å². The number of aliphatic hydroxyl groups is 4. The average molecular weight is 2080 g/mol. The highest BCUT2D eigenvalue weighted by atomic mass is 31.2. The molecule has 6 aliphatic rings. The van der Waals surface area contributed by atoms with Crippen molar-refractivity contribution in [2.45, 2.75) is 172 Å². The van der Waals surface area contributed by atoms with Crippen molar-refractivity contribution in [2.75, 3.05) is 114 Å². The summed E-state index contributed by atoms with van der Waals surface area (Å²) >= 11 is 0. The van der Waals surface area contributed by atoms with Gasteiger partial charge in [0.15, 0.2) is 59.5 Å². The lowest BCUT2D eigenvalue weighted by molar-refractivity contribution is -0.345. The zero-order valence-electron chi connectivity index (χ0n) is 78.2. The molecule has 12 heterocycles. The van der Waals surface area contributed by atoms with Gasteiger partial charge in [-0.25, -0.2) is 59.1 Å². The van der Waals surface area contributed by atoms with Gasteiger partial charge in [-0.05, 0) is 84.9 Å². The first-order valence-electron chi connectivity index (χ1n) is 43.6. The quantitative estimate of drug-likeness (QED) is 0.0142. The average Bonchev–Trinajstić information content (AvgIpc) is 1.63. The van der Waals surface area contributed by atoms with E-state index in [2.05, 4.69) is 77.4 Å². The second-order valence-electron chi connectivity index (χ2n) is 31.5. The number of nitrogen functional groups attached to an aromatic ring is 4. The van der Waals surface area contributed by atoms with Gasteiger partial charge in [0.1, 0.15) is 102 Å². The van der Waals surface area contributed by atoms with E-state index in [9.17, 15) is 96.1 Å². The minimum atomic E-state index is -5.60. The van der Waals surface area contributed by atoms with E-state index in [1.165, 1.54) is 53.7 Å². The molecule has 0 radical (unpaired) electrons. The van der Waals surface area contributed by atoms with Gasteiger partial charge in [-0.15, -0.1) is 13.2 Å². The number of ketones is 1. The molecular formula is C84H109FN22O32P4-6. The van der Waals surface area contributed by atoms with Gasteiger partial charge in [0.05, 0.1) is 80.7 Å². The molecule has 0 saturated carbocycles. The molecule has 4 fully saturated rings. The predicted octanol–water partition coefficient (Wildman–Crippen LogP) is 0.242. The number of phosphoric ester groups is 4. The van der Waals surface area contributed by atoms with Gasteiger partial charge in [0, 0.05) is 116 Å². The summed E-state index contributed by atoms with van der Waals surface area (Å²) in [6, 6.07) is 19.3. The Hall–Kier alpha value is -12.0. The SMILES string of the molecule is C.C=CCCC(=O)CCC1=NC(C(=O)OCC#N)=C(c2ccc(N(C)C)cc2)C1.C=CCCC(=O)NCC1=NC(C(=O)OC2[C@@H](COP(=O)([O-])OC3C[C@H](n4ccc(N)nc4=O)O[C@@H]3COP(=O)([O-])[O-])O[C@@H](n3cnc4c(N)ncnc43)[C@H]2O)=C(c2ccc(N(C)C)cc2)C1.CCO.CF.Nc1ccn([C@H]2CC(OP(=O)([O-])OC[C@H]3O[C@@H](n4cnc5c(N)ncnc54)[C@@H](O)C3O)[C@@H](COP(=O)([O-])[O-])O2)c(=O)n1.[2H]C. The highest BCUT2D eigenvalue weighted by Crippen LogP contribution is 2.50. The first-order chi connectivity index (χ1) is 67.9. The van der Waals surface area contributed by atoms with Crippen molar-refractivity contribution < 1.29 is 149 Å². The van der Waals surface area contributed by atoms with Gasteiger partial charge < -0.3 is 153 Å². The Bertz CT molecular complexity index is 6280. The number of nitrogens with two attached hydrogens (primary N) is 4. The van der Waals surface area contributed by atoms with Crippen LogP contribution in [0.25, 0.3) is 33.5 Å². The Morgan fingerprint density at radius 1 is 0.594 bits per heavy atom. The number of rotatable bonds is 39. The number of ether oxygens (including phenoxy) is 6. The minimum Gasteiger partial charge on any atom is -0.790 e. The summed E-state index contributed by atoms with van der Waals surface area (Å²) in [5.74, 6) is -1.94. The minimum absolute atomic E-state index is 0. The van der Waals surface area contributed by atoms with E-state index in [-0.39, 0.29) is 115 Å². The van der Waals surface area contributed by atoms with Crippen LogP contribution < -0.4 is 78.8 Å². The molecule has 6 aromatic heterocycles. The Kier molecular flexibility index (Phi) is 42.1. The molecule has 6 unspecified atom stereocenters. The van der Waals surface area contributed by atoms with Crippen molar-refractivity contribution in [3.63, 3.8) is 0 Å². The van der Waals surface area contributed by atoms with Crippen LogP contribution in [0.1, 0.15) is 123 Å². The molecule has 2 aromatic carbocycles. The van der Waals surface area contributed by atoms with Crippen molar-refractivity contribution >= 4 is 134 Å². The molecule has 59 heteroatoms. The number of allylic oxidation sites excluding steroid dienone is 4. The fourth-order valence-corrected chi connectivity index (χ4v) is 17.2. The van der Waals surface area contributed by atoms with E-state index >= 15 is 0 Å². The number of anilines is 6. The van der Waals surface area contributed by atoms with Crippen molar-refractivity contribution in [1.82, 2.24) is 63.5 Å². The summed E-state index contributed by atoms with van der Waals surface area (Å²) in [6.07, 6.45) is -7.91. The molecule has 14 rings (SSSR count). The predicted molar refractivity (Wildman–Crippen MR) is 497 cm³/mol. The number of imidazole rings is 2. The number of carbonyl (C=O) groups excluding carboxylic acids is 4. The number of nitriles is 1. The topological polar surface area (TPSA) is 795 Å². The maximum Gasteiger partial charge on any atom is 0.358 e. The van der Waals surface area contributed by atoms with E-state index in [0.717, 1.165) is 50.0 Å². The lowest BCUT2D eigenvalue weighted by Gasteiger charge is -2.32. The number of benzene rings is 2. The highest BCUT2D eigenvalue weighted by Gasteiger charge is 2.51. The fraction of sp³-hybridized carbons (Fsp3) is 0.464. The van der Waals surface area contributed by atoms with Crippen LogP contribution in [0, 0.1) is 11.3 Å². The third kappa shape index (κ3) is 31.5. The van der Waals surface area contributed by atoms with Gasteiger partial charge in [-0.1, -0.05) is 51.2 Å². The van der Waals surface area contributed by atoms with Gasteiger partial charge in [-0.2, -0.15) is 15.2 Å². The summed E-state index contributed by atoms with van der Waals surface area (Å²) in [5.41, 5.74) is 27.5. The summed E-state index contributed by atoms with van der Waals surface area (Å²) in [6.45, 7) is 5.13. The van der Waals surface area contributed by atoms with Crippen molar-refractivity contribution in [1.29, 1.82) is 5.26 Å². The Morgan fingerprint density at radius 2 is 1.02 bits per heavy atom. The first kappa shape index (κ1) is 115. The number of fused-ring (bicyclic) bond motifs is 2. The lowest BCUT2D eigenvalue weighted by Crippen LogP contribution is -2.39. The summed E-state index contributed by atoms with van der Waals surface area (Å²) in [4.78, 5) is 191. The van der Waals surface area contributed by atoms with Crippen LogP contribution in [-0.2, 0) is 93.0 Å². The maximum atomic E-state index is 14.3. The Labute approximate surface area is 817 Å². The molecule has 0 bridgehead atoms. The molecule has 16 atom stereocenters. The summed E-state index contributed by atoms with van der Waals surface area (Å²) < 4.78 is 131. The van der Waals surface area contributed by atoms with Crippen LogP contribution in [0.15, 0.2) is 155 Å². The van der Waals surface area contributed by atoms with Crippen LogP contribution in [-0.4, -0.2) is 256 Å². The van der Waals surface area contributed by atoms with E-state index < -0.39 is 173 Å². The number of hydrogen-bond donors (Lipinski definition) is 9. The Balaban J connectivity index is 0.000000277.